The third-order valence-corrected chi connectivity index (χ3v) is 8.30. The molecule has 0 bridgehead atoms. The van der Waals surface area contributed by atoms with E-state index in [9.17, 15) is 8.78 Å². The summed E-state index contributed by atoms with van der Waals surface area (Å²) in [6.45, 7) is 5.00. The Labute approximate surface area is 195 Å². The SMILES string of the molecule is CCCCCCCc1ccc(OC[C@H]2CC[C@H]([C@H]3CC[C@H](CCC)CC3)CC2)c(F)c1F. The van der Waals surface area contributed by atoms with Crippen LogP contribution in [0.5, 0.6) is 5.75 Å². The van der Waals surface area contributed by atoms with Gasteiger partial charge < -0.3 is 4.74 Å². The van der Waals surface area contributed by atoms with Gasteiger partial charge in [0, 0.05) is 0 Å². The van der Waals surface area contributed by atoms with Crippen molar-refractivity contribution < 1.29 is 13.5 Å². The molecule has 0 radical (unpaired) electrons. The van der Waals surface area contributed by atoms with Crippen LogP contribution in [0.3, 0.4) is 0 Å². The molecule has 1 nitrogen and oxygen atoms in total. The first-order valence-electron chi connectivity index (χ1n) is 13.7. The van der Waals surface area contributed by atoms with Gasteiger partial charge in [0.1, 0.15) is 0 Å². The molecule has 32 heavy (non-hydrogen) atoms. The minimum absolute atomic E-state index is 0.0913. The van der Waals surface area contributed by atoms with Crippen molar-refractivity contribution in [2.24, 2.45) is 23.7 Å². The largest absolute Gasteiger partial charge is 0.490 e. The van der Waals surface area contributed by atoms with Crippen LogP contribution >= 0.6 is 0 Å². The van der Waals surface area contributed by atoms with Gasteiger partial charge in [-0.05, 0) is 86.7 Å². The maximum Gasteiger partial charge on any atom is 0.200 e. The van der Waals surface area contributed by atoms with Crippen molar-refractivity contribution >= 4 is 0 Å². The third-order valence-electron chi connectivity index (χ3n) is 8.30. The second-order valence-corrected chi connectivity index (χ2v) is 10.7. The summed E-state index contributed by atoms with van der Waals surface area (Å²) in [6.07, 6.45) is 19.5. The highest BCUT2D eigenvalue weighted by Crippen LogP contribution is 2.42. The van der Waals surface area contributed by atoms with E-state index in [1.54, 1.807) is 12.1 Å². The van der Waals surface area contributed by atoms with Crippen LogP contribution < -0.4 is 4.74 Å². The molecule has 0 amide bonds. The number of rotatable bonds is 12. The van der Waals surface area contributed by atoms with Crippen molar-refractivity contribution in [1.29, 1.82) is 0 Å². The van der Waals surface area contributed by atoms with Crippen molar-refractivity contribution in [2.75, 3.05) is 6.61 Å². The lowest BCUT2D eigenvalue weighted by Crippen LogP contribution is -2.27. The molecule has 2 saturated carbocycles. The van der Waals surface area contributed by atoms with Gasteiger partial charge >= 0.3 is 0 Å². The molecular formula is C29H46F2O. The van der Waals surface area contributed by atoms with Gasteiger partial charge in [0.15, 0.2) is 11.6 Å². The van der Waals surface area contributed by atoms with Gasteiger partial charge in [-0.25, -0.2) is 4.39 Å². The Bertz CT molecular complexity index is 657. The maximum absolute atomic E-state index is 14.5. The molecule has 0 unspecified atom stereocenters. The lowest BCUT2D eigenvalue weighted by atomic mass is 9.69. The molecule has 2 fully saturated rings. The summed E-state index contributed by atoms with van der Waals surface area (Å²) in [6, 6.07) is 3.36. The molecule has 2 aliphatic carbocycles. The molecule has 182 valence electrons. The number of benzene rings is 1. The first kappa shape index (κ1) is 25.5. The van der Waals surface area contributed by atoms with E-state index < -0.39 is 11.6 Å². The van der Waals surface area contributed by atoms with Gasteiger partial charge in [0.05, 0.1) is 6.61 Å². The predicted octanol–water partition coefficient (Wildman–Crippen LogP) is 9.27. The second kappa shape index (κ2) is 13.6. The van der Waals surface area contributed by atoms with Crippen LogP contribution in [0.4, 0.5) is 8.78 Å². The van der Waals surface area contributed by atoms with E-state index in [0.29, 0.717) is 24.5 Å². The molecule has 1 aromatic rings. The van der Waals surface area contributed by atoms with E-state index in [-0.39, 0.29) is 5.75 Å². The molecule has 0 heterocycles. The van der Waals surface area contributed by atoms with Crippen LogP contribution in [0.2, 0.25) is 0 Å². The topological polar surface area (TPSA) is 9.23 Å². The quantitative estimate of drug-likeness (QED) is 0.289. The Morgan fingerprint density at radius 1 is 0.719 bits per heavy atom. The Morgan fingerprint density at radius 3 is 1.97 bits per heavy atom. The normalized spacial score (nSPS) is 26.2. The fourth-order valence-electron chi connectivity index (χ4n) is 6.19. The van der Waals surface area contributed by atoms with E-state index >= 15 is 0 Å². The maximum atomic E-state index is 14.5. The molecule has 3 heteroatoms. The molecular weight excluding hydrogens is 402 g/mol. The summed E-state index contributed by atoms with van der Waals surface area (Å²) in [5.74, 6) is 1.83. The summed E-state index contributed by atoms with van der Waals surface area (Å²) in [5.41, 5.74) is 0.487. The highest BCUT2D eigenvalue weighted by atomic mass is 19.2. The Morgan fingerprint density at radius 2 is 1.34 bits per heavy atom. The van der Waals surface area contributed by atoms with Gasteiger partial charge in [-0.2, -0.15) is 4.39 Å². The first-order valence-corrected chi connectivity index (χ1v) is 13.7. The lowest BCUT2D eigenvalue weighted by molar-refractivity contribution is 0.120. The third kappa shape index (κ3) is 7.45. The summed E-state index contributed by atoms with van der Waals surface area (Å²) in [4.78, 5) is 0. The van der Waals surface area contributed by atoms with Gasteiger partial charge in [0.2, 0.25) is 5.82 Å². The fraction of sp³-hybridized carbons (Fsp3) is 0.793. The number of hydrogen-bond acceptors (Lipinski definition) is 1. The van der Waals surface area contributed by atoms with Gasteiger partial charge in [-0.1, -0.05) is 71.3 Å². The van der Waals surface area contributed by atoms with Crippen molar-refractivity contribution in [1.82, 2.24) is 0 Å². The van der Waals surface area contributed by atoms with Crippen molar-refractivity contribution in [3.8, 4) is 5.75 Å². The second-order valence-electron chi connectivity index (χ2n) is 10.7. The molecule has 0 aliphatic heterocycles. The Kier molecular flexibility index (Phi) is 10.8. The van der Waals surface area contributed by atoms with Crippen LogP contribution in [0.1, 0.15) is 116 Å². The molecule has 0 aromatic heterocycles. The smallest absolute Gasteiger partial charge is 0.200 e. The van der Waals surface area contributed by atoms with Crippen molar-refractivity contribution in [3.63, 3.8) is 0 Å². The fourth-order valence-corrected chi connectivity index (χ4v) is 6.19. The first-order chi connectivity index (χ1) is 15.6. The van der Waals surface area contributed by atoms with E-state index in [0.717, 1.165) is 30.6 Å². The van der Waals surface area contributed by atoms with Crippen molar-refractivity contribution in [3.05, 3.63) is 29.3 Å². The summed E-state index contributed by atoms with van der Waals surface area (Å²) < 4.78 is 34.8. The molecule has 1 aromatic carbocycles. The molecule has 0 atom stereocenters. The average molecular weight is 449 g/mol. The van der Waals surface area contributed by atoms with E-state index in [4.69, 9.17) is 4.74 Å². The Balaban J connectivity index is 1.38. The highest BCUT2D eigenvalue weighted by molar-refractivity contribution is 5.31. The molecule has 0 saturated heterocycles. The summed E-state index contributed by atoms with van der Waals surface area (Å²) in [7, 11) is 0. The minimum atomic E-state index is -0.798. The van der Waals surface area contributed by atoms with Crippen molar-refractivity contribution in [2.45, 2.75) is 117 Å². The number of ether oxygens (including phenoxy) is 1. The van der Waals surface area contributed by atoms with E-state index in [1.807, 2.05) is 0 Å². The molecule has 2 aliphatic rings. The van der Waals surface area contributed by atoms with Crippen LogP contribution in [0.25, 0.3) is 0 Å². The summed E-state index contributed by atoms with van der Waals surface area (Å²) in [5, 5.41) is 0. The monoisotopic (exact) mass is 448 g/mol. The zero-order chi connectivity index (χ0) is 22.8. The van der Waals surface area contributed by atoms with E-state index in [1.165, 1.54) is 83.5 Å². The van der Waals surface area contributed by atoms with Gasteiger partial charge in [0.25, 0.3) is 0 Å². The highest BCUT2D eigenvalue weighted by Gasteiger charge is 2.31. The predicted molar refractivity (Wildman–Crippen MR) is 130 cm³/mol. The Hall–Kier alpha value is -1.12. The number of halogens is 2. The number of aryl methyl sites for hydroxylation is 1. The molecule has 3 rings (SSSR count). The minimum Gasteiger partial charge on any atom is -0.490 e. The standard InChI is InChI=1S/C29H46F2O/c1-3-5-6-7-8-10-26-19-20-27(29(31)28(26)30)32-21-23-13-17-25(18-14-23)24-15-11-22(9-4-2)12-16-24/h19-20,22-25H,3-18,21H2,1-2H3/t22-,23-,24-,25-. The lowest BCUT2D eigenvalue weighted by Gasteiger charge is -2.37. The van der Waals surface area contributed by atoms with Crippen LogP contribution in [-0.2, 0) is 6.42 Å². The number of hydrogen-bond donors (Lipinski definition) is 0. The zero-order valence-corrected chi connectivity index (χ0v) is 20.6. The average Bonchev–Trinajstić information content (AvgIpc) is 2.82. The molecule has 0 spiro atoms. The van der Waals surface area contributed by atoms with Crippen LogP contribution in [-0.4, -0.2) is 6.61 Å². The zero-order valence-electron chi connectivity index (χ0n) is 20.6. The van der Waals surface area contributed by atoms with Gasteiger partial charge in [-0.3, -0.25) is 0 Å². The number of unbranched alkanes of at least 4 members (excludes halogenated alkanes) is 4. The van der Waals surface area contributed by atoms with Crippen LogP contribution in [0, 0.1) is 35.3 Å². The molecule has 0 N–H and O–H groups in total. The van der Waals surface area contributed by atoms with Gasteiger partial charge in [-0.15, -0.1) is 0 Å². The van der Waals surface area contributed by atoms with E-state index in [2.05, 4.69) is 13.8 Å². The summed E-state index contributed by atoms with van der Waals surface area (Å²) >= 11 is 0. The van der Waals surface area contributed by atoms with Crippen LogP contribution in [0.15, 0.2) is 12.1 Å².